The van der Waals surface area contributed by atoms with Crippen molar-refractivity contribution in [3.8, 4) is 0 Å². The number of aryl methyl sites for hydroxylation is 2. The first-order chi connectivity index (χ1) is 5.36. The molecular weight excluding hydrogens is 136 g/mol. The zero-order valence-electron chi connectivity index (χ0n) is 7.30. The highest BCUT2D eigenvalue weighted by molar-refractivity contribution is 5.00. The van der Waals surface area contributed by atoms with Crippen molar-refractivity contribution >= 4 is 0 Å². The van der Waals surface area contributed by atoms with E-state index in [0.29, 0.717) is 0 Å². The largest absolute Gasteiger partial charge is 0.272 e. The molecule has 0 fully saturated rings. The van der Waals surface area contributed by atoms with E-state index < -0.39 is 0 Å². The number of nitrogens with zero attached hydrogens (tertiary/aromatic N) is 2. The van der Waals surface area contributed by atoms with Gasteiger partial charge in [0.15, 0.2) is 0 Å². The van der Waals surface area contributed by atoms with Crippen LogP contribution in [0.25, 0.3) is 0 Å². The van der Waals surface area contributed by atoms with Crippen LogP contribution < -0.4 is 0 Å². The highest BCUT2D eigenvalue weighted by Gasteiger charge is 1.94. The van der Waals surface area contributed by atoms with E-state index >= 15 is 0 Å². The first-order valence-corrected chi connectivity index (χ1v) is 4.30. The van der Waals surface area contributed by atoms with Gasteiger partial charge in [0, 0.05) is 12.7 Å². The van der Waals surface area contributed by atoms with Gasteiger partial charge in [0.05, 0.1) is 0 Å². The zero-order chi connectivity index (χ0) is 8.10. The summed E-state index contributed by atoms with van der Waals surface area (Å²) in [6.45, 7) is 5.35. The summed E-state index contributed by atoms with van der Waals surface area (Å²) in [6.07, 6.45) is 8.52. The first-order valence-electron chi connectivity index (χ1n) is 4.30. The van der Waals surface area contributed by atoms with Gasteiger partial charge >= 0.3 is 0 Å². The molecule has 1 aromatic heterocycles. The van der Waals surface area contributed by atoms with E-state index in [-0.39, 0.29) is 0 Å². The quantitative estimate of drug-likeness (QED) is 0.644. The molecule has 0 spiro atoms. The van der Waals surface area contributed by atoms with Crippen molar-refractivity contribution in [2.45, 2.75) is 39.7 Å². The third-order valence-electron chi connectivity index (χ3n) is 1.75. The predicted octanol–water partition coefficient (Wildman–Crippen LogP) is 2.05. The molecule has 0 amide bonds. The maximum atomic E-state index is 4.12. The molecule has 2 heteroatoms. The van der Waals surface area contributed by atoms with Crippen molar-refractivity contribution in [3.63, 3.8) is 0 Å². The number of hydrogen-bond donors (Lipinski definition) is 0. The zero-order valence-corrected chi connectivity index (χ0v) is 7.30. The monoisotopic (exact) mass is 151 g/mol. The van der Waals surface area contributed by atoms with E-state index in [0.717, 1.165) is 13.0 Å². The number of hydrogen-bond acceptors (Lipinski definition) is 1. The summed E-state index contributed by atoms with van der Waals surface area (Å²) < 4.78 is 1.97. The summed E-state index contributed by atoms with van der Waals surface area (Å²) in [5.41, 5.74) is 1.21. The second-order valence-corrected chi connectivity index (χ2v) is 2.74. The molecule has 0 unspecified atom stereocenters. The molecule has 1 aromatic rings. The Bertz CT molecular complexity index is 203. The minimum atomic E-state index is 1.03. The Labute approximate surface area is 68.2 Å². The van der Waals surface area contributed by atoms with Crippen molar-refractivity contribution < 1.29 is 0 Å². The predicted molar refractivity (Wildman–Crippen MR) is 45.3 cm³/mol. The summed E-state index contributed by atoms with van der Waals surface area (Å²) in [7, 11) is 0. The number of aromatic nitrogens is 2. The van der Waals surface area contributed by atoms with Gasteiger partial charge in [-0.2, -0.15) is 5.10 Å². The van der Waals surface area contributed by atoms with E-state index in [1.807, 2.05) is 4.68 Å². The topological polar surface area (TPSA) is 17.8 Å². The Morgan fingerprint density at radius 1 is 1.55 bits per heavy atom. The van der Waals surface area contributed by atoms with E-state index in [1.54, 1.807) is 0 Å². The van der Waals surface area contributed by atoms with Crippen molar-refractivity contribution in [3.05, 3.63) is 18.0 Å². The lowest BCUT2D eigenvalue weighted by Crippen LogP contribution is -1.96. The Morgan fingerprint density at radius 2 is 2.36 bits per heavy atom. The lowest BCUT2D eigenvalue weighted by Gasteiger charge is -1.96. The molecule has 0 saturated heterocycles. The van der Waals surface area contributed by atoms with Crippen LogP contribution >= 0.6 is 0 Å². The van der Waals surface area contributed by atoms with E-state index in [2.05, 4.69) is 31.3 Å². The molecular formula is C9H15N2. The molecule has 0 aliphatic rings. The van der Waals surface area contributed by atoms with Crippen LogP contribution in [0.3, 0.4) is 0 Å². The summed E-state index contributed by atoms with van der Waals surface area (Å²) in [6, 6.07) is 0. The molecule has 0 N–H and O–H groups in total. The maximum absolute atomic E-state index is 4.12. The third kappa shape index (κ3) is 2.37. The average Bonchev–Trinajstić information content (AvgIpc) is 2.48. The van der Waals surface area contributed by atoms with Gasteiger partial charge in [0.1, 0.15) is 6.20 Å². The number of rotatable bonds is 4. The molecule has 0 aliphatic carbocycles. The molecule has 0 bridgehead atoms. The van der Waals surface area contributed by atoms with Gasteiger partial charge in [-0.05, 0) is 18.4 Å². The van der Waals surface area contributed by atoms with Gasteiger partial charge in [-0.1, -0.05) is 20.3 Å². The minimum Gasteiger partial charge on any atom is -0.272 e. The van der Waals surface area contributed by atoms with Crippen LogP contribution in [0.2, 0.25) is 0 Å². The molecule has 61 valence electrons. The van der Waals surface area contributed by atoms with Gasteiger partial charge in [-0.15, -0.1) is 0 Å². The third-order valence-corrected chi connectivity index (χ3v) is 1.75. The normalized spacial score (nSPS) is 10.4. The first kappa shape index (κ1) is 8.31. The molecule has 0 atom stereocenters. The van der Waals surface area contributed by atoms with E-state index in [1.165, 1.54) is 18.4 Å². The van der Waals surface area contributed by atoms with Crippen LogP contribution in [0.5, 0.6) is 0 Å². The molecule has 0 aromatic carbocycles. The van der Waals surface area contributed by atoms with Crippen LogP contribution in [0, 0.1) is 6.20 Å². The molecule has 11 heavy (non-hydrogen) atoms. The van der Waals surface area contributed by atoms with Crippen molar-refractivity contribution in [2.24, 2.45) is 0 Å². The van der Waals surface area contributed by atoms with Gasteiger partial charge < -0.3 is 0 Å². The van der Waals surface area contributed by atoms with Crippen LogP contribution in [0.1, 0.15) is 32.3 Å². The second-order valence-electron chi connectivity index (χ2n) is 2.74. The molecule has 1 rings (SSSR count). The van der Waals surface area contributed by atoms with Crippen LogP contribution in [-0.2, 0) is 13.0 Å². The highest BCUT2D eigenvalue weighted by Crippen LogP contribution is 1.99. The average molecular weight is 151 g/mol. The summed E-state index contributed by atoms with van der Waals surface area (Å²) in [4.78, 5) is 0. The van der Waals surface area contributed by atoms with E-state index in [4.69, 9.17) is 0 Å². The Morgan fingerprint density at radius 3 is 2.91 bits per heavy atom. The van der Waals surface area contributed by atoms with Crippen molar-refractivity contribution in [1.82, 2.24) is 9.78 Å². The summed E-state index contributed by atoms with van der Waals surface area (Å²) >= 11 is 0. The summed E-state index contributed by atoms with van der Waals surface area (Å²) in [5.74, 6) is 0. The van der Waals surface area contributed by atoms with Crippen LogP contribution in [-0.4, -0.2) is 9.78 Å². The second kappa shape index (κ2) is 4.16. The highest BCUT2D eigenvalue weighted by atomic mass is 15.3. The van der Waals surface area contributed by atoms with E-state index in [9.17, 15) is 0 Å². The molecule has 1 radical (unpaired) electrons. The molecule has 0 aliphatic heterocycles. The SMILES string of the molecule is CCCCn1cc(CC)[c]n1. The lowest BCUT2D eigenvalue weighted by atomic mass is 10.3. The Balaban J connectivity index is 2.44. The lowest BCUT2D eigenvalue weighted by molar-refractivity contribution is 0.570. The van der Waals surface area contributed by atoms with Gasteiger partial charge in [-0.25, -0.2) is 0 Å². The van der Waals surface area contributed by atoms with Crippen molar-refractivity contribution in [1.29, 1.82) is 0 Å². The fourth-order valence-electron chi connectivity index (χ4n) is 0.971. The Kier molecular flexibility index (Phi) is 3.14. The minimum absolute atomic E-state index is 1.03. The smallest absolute Gasteiger partial charge is 0.116 e. The fraction of sp³-hybridized carbons (Fsp3) is 0.667. The number of unbranched alkanes of at least 4 members (excludes halogenated alkanes) is 1. The molecule has 2 nitrogen and oxygen atoms in total. The molecule has 0 saturated carbocycles. The summed E-state index contributed by atoms with van der Waals surface area (Å²) in [5, 5.41) is 4.12. The van der Waals surface area contributed by atoms with Crippen LogP contribution in [0.4, 0.5) is 0 Å². The van der Waals surface area contributed by atoms with Crippen LogP contribution in [0.15, 0.2) is 6.20 Å². The fourth-order valence-corrected chi connectivity index (χ4v) is 0.971. The Hall–Kier alpha value is -0.790. The van der Waals surface area contributed by atoms with Crippen molar-refractivity contribution in [2.75, 3.05) is 0 Å². The standard InChI is InChI=1S/C9H15N2/c1-3-5-6-11-8-9(4-2)7-10-11/h8H,3-6H2,1-2H3. The molecule has 1 heterocycles. The van der Waals surface area contributed by atoms with Gasteiger partial charge in [0.25, 0.3) is 0 Å². The van der Waals surface area contributed by atoms with Gasteiger partial charge in [0.2, 0.25) is 0 Å². The van der Waals surface area contributed by atoms with Gasteiger partial charge in [-0.3, -0.25) is 4.68 Å². The maximum Gasteiger partial charge on any atom is 0.116 e.